The summed E-state index contributed by atoms with van der Waals surface area (Å²) in [6.45, 7) is 7.08. The molecule has 0 saturated heterocycles. The van der Waals surface area contributed by atoms with Gasteiger partial charge < -0.3 is 5.32 Å². The largest absolute Gasteiger partial charge is 0.381 e. The molecule has 0 aliphatic carbocycles. The molecule has 3 nitrogen and oxygen atoms in total. The molecule has 1 aromatic carbocycles. The highest BCUT2D eigenvalue weighted by atomic mass is 15.1. The van der Waals surface area contributed by atoms with E-state index < -0.39 is 0 Å². The van der Waals surface area contributed by atoms with Gasteiger partial charge in [0, 0.05) is 23.5 Å². The molecular weight excluding hydrogens is 210 g/mol. The molecule has 0 aliphatic rings. The minimum absolute atomic E-state index is 0.821. The van der Waals surface area contributed by atoms with Crippen LogP contribution in [0.1, 0.15) is 29.4 Å². The number of benzene rings is 1. The lowest BCUT2D eigenvalue weighted by atomic mass is 10.1. The van der Waals surface area contributed by atoms with Gasteiger partial charge in [0.25, 0.3) is 0 Å². The lowest BCUT2D eigenvalue weighted by Gasteiger charge is -2.08. The van der Waals surface area contributed by atoms with Crippen molar-refractivity contribution in [2.24, 2.45) is 0 Å². The SMILES string of the molecule is CCc1cccc(NCc2c(C)n[nH]c2C)c1. The van der Waals surface area contributed by atoms with Crippen molar-refractivity contribution in [1.29, 1.82) is 0 Å². The van der Waals surface area contributed by atoms with Gasteiger partial charge in [0.15, 0.2) is 0 Å². The lowest BCUT2D eigenvalue weighted by Crippen LogP contribution is -2.01. The van der Waals surface area contributed by atoms with E-state index in [-0.39, 0.29) is 0 Å². The number of hydrogen-bond acceptors (Lipinski definition) is 2. The minimum atomic E-state index is 0.821. The maximum Gasteiger partial charge on any atom is 0.0643 e. The average molecular weight is 229 g/mol. The van der Waals surface area contributed by atoms with E-state index in [0.29, 0.717) is 0 Å². The van der Waals surface area contributed by atoms with E-state index in [4.69, 9.17) is 0 Å². The van der Waals surface area contributed by atoms with Crippen LogP contribution < -0.4 is 5.32 Å². The predicted molar refractivity (Wildman–Crippen MR) is 71.2 cm³/mol. The monoisotopic (exact) mass is 229 g/mol. The zero-order valence-electron chi connectivity index (χ0n) is 10.7. The van der Waals surface area contributed by atoms with Gasteiger partial charge in [0.2, 0.25) is 0 Å². The third-order valence-electron chi connectivity index (χ3n) is 3.09. The summed E-state index contributed by atoms with van der Waals surface area (Å²) in [6.07, 6.45) is 1.07. The van der Waals surface area contributed by atoms with Crippen LogP contribution in [-0.4, -0.2) is 10.2 Å². The third kappa shape index (κ3) is 2.67. The summed E-state index contributed by atoms with van der Waals surface area (Å²) in [5.74, 6) is 0. The first-order valence-electron chi connectivity index (χ1n) is 6.04. The van der Waals surface area contributed by atoms with Crippen LogP contribution in [0.25, 0.3) is 0 Å². The summed E-state index contributed by atoms with van der Waals surface area (Å²) in [5.41, 5.74) is 6.00. The first kappa shape index (κ1) is 11.7. The molecule has 17 heavy (non-hydrogen) atoms. The lowest BCUT2D eigenvalue weighted by molar-refractivity contribution is 1.02. The Morgan fingerprint density at radius 3 is 2.76 bits per heavy atom. The van der Waals surface area contributed by atoms with E-state index in [1.807, 2.05) is 6.92 Å². The fourth-order valence-electron chi connectivity index (χ4n) is 1.93. The van der Waals surface area contributed by atoms with Crippen molar-refractivity contribution in [2.75, 3.05) is 5.32 Å². The summed E-state index contributed by atoms with van der Waals surface area (Å²) >= 11 is 0. The van der Waals surface area contributed by atoms with Crippen LogP contribution >= 0.6 is 0 Å². The van der Waals surface area contributed by atoms with Gasteiger partial charge in [-0.15, -0.1) is 0 Å². The number of aromatic nitrogens is 2. The molecule has 0 spiro atoms. The van der Waals surface area contributed by atoms with Gasteiger partial charge in [-0.2, -0.15) is 5.10 Å². The number of hydrogen-bond donors (Lipinski definition) is 2. The summed E-state index contributed by atoms with van der Waals surface area (Å²) < 4.78 is 0. The molecule has 3 heteroatoms. The maximum atomic E-state index is 4.20. The fourth-order valence-corrected chi connectivity index (χ4v) is 1.93. The van der Waals surface area contributed by atoms with Gasteiger partial charge in [-0.05, 0) is 38.0 Å². The van der Waals surface area contributed by atoms with Gasteiger partial charge in [-0.1, -0.05) is 19.1 Å². The highest BCUT2D eigenvalue weighted by Gasteiger charge is 2.05. The van der Waals surface area contributed by atoms with Crippen molar-refractivity contribution in [3.63, 3.8) is 0 Å². The number of nitrogens with one attached hydrogen (secondary N) is 2. The molecule has 1 aromatic heterocycles. The van der Waals surface area contributed by atoms with Crippen LogP contribution in [-0.2, 0) is 13.0 Å². The molecule has 2 rings (SSSR count). The van der Waals surface area contributed by atoms with Crippen molar-refractivity contribution >= 4 is 5.69 Å². The number of anilines is 1. The van der Waals surface area contributed by atoms with Crippen molar-refractivity contribution < 1.29 is 0 Å². The van der Waals surface area contributed by atoms with Crippen LogP contribution in [0, 0.1) is 13.8 Å². The molecule has 1 heterocycles. The smallest absolute Gasteiger partial charge is 0.0643 e. The quantitative estimate of drug-likeness (QED) is 0.845. The van der Waals surface area contributed by atoms with Crippen molar-refractivity contribution in [1.82, 2.24) is 10.2 Å². The van der Waals surface area contributed by atoms with Crippen LogP contribution in [0.15, 0.2) is 24.3 Å². The molecule has 0 saturated carbocycles. The van der Waals surface area contributed by atoms with Crippen LogP contribution in [0.4, 0.5) is 5.69 Å². The van der Waals surface area contributed by atoms with E-state index in [2.05, 4.69) is 53.6 Å². The van der Waals surface area contributed by atoms with Crippen LogP contribution in [0.3, 0.4) is 0 Å². The molecule has 0 amide bonds. The topological polar surface area (TPSA) is 40.7 Å². The van der Waals surface area contributed by atoms with Gasteiger partial charge in [-0.3, -0.25) is 5.10 Å². The zero-order chi connectivity index (χ0) is 12.3. The fraction of sp³-hybridized carbons (Fsp3) is 0.357. The molecule has 2 N–H and O–H groups in total. The summed E-state index contributed by atoms with van der Waals surface area (Å²) in [7, 11) is 0. The second-order valence-electron chi connectivity index (χ2n) is 4.32. The van der Waals surface area contributed by atoms with E-state index in [9.17, 15) is 0 Å². The van der Waals surface area contributed by atoms with E-state index in [1.165, 1.54) is 16.8 Å². The number of aryl methyl sites for hydroxylation is 3. The predicted octanol–water partition coefficient (Wildman–Crippen LogP) is 3.20. The van der Waals surface area contributed by atoms with Crippen molar-refractivity contribution in [3.8, 4) is 0 Å². The summed E-state index contributed by atoms with van der Waals surface area (Å²) in [6, 6.07) is 8.55. The van der Waals surface area contributed by atoms with Crippen LogP contribution in [0.5, 0.6) is 0 Å². The summed E-state index contributed by atoms with van der Waals surface area (Å²) in [4.78, 5) is 0. The van der Waals surface area contributed by atoms with Gasteiger partial charge in [-0.25, -0.2) is 0 Å². The number of rotatable bonds is 4. The Labute approximate surface area is 102 Å². The third-order valence-corrected chi connectivity index (χ3v) is 3.09. The van der Waals surface area contributed by atoms with Gasteiger partial charge in [0.1, 0.15) is 0 Å². The highest BCUT2D eigenvalue weighted by Crippen LogP contribution is 2.15. The molecule has 0 bridgehead atoms. The van der Waals surface area contributed by atoms with E-state index >= 15 is 0 Å². The summed E-state index contributed by atoms with van der Waals surface area (Å²) in [5, 5.41) is 10.6. The number of H-pyrrole nitrogens is 1. The van der Waals surface area contributed by atoms with E-state index in [1.54, 1.807) is 0 Å². The molecule has 2 aromatic rings. The van der Waals surface area contributed by atoms with Crippen LogP contribution in [0.2, 0.25) is 0 Å². The Hall–Kier alpha value is -1.77. The van der Waals surface area contributed by atoms with E-state index in [0.717, 1.165) is 24.4 Å². The van der Waals surface area contributed by atoms with Crippen molar-refractivity contribution in [2.45, 2.75) is 33.7 Å². The molecule has 90 valence electrons. The maximum absolute atomic E-state index is 4.20. The molecule has 0 atom stereocenters. The zero-order valence-corrected chi connectivity index (χ0v) is 10.7. The Morgan fingerprint density at radius 1 is 1.29 bits per heavy atom. The molecule has 0 aliphatic heterocycles. The van der Waals surface area contributed by atoms with Crippen molar-refractivity contribution in [3.05, 3.63) is 46.8 Å². The number of aromatic amines is 1. The first-order valence-corrected chi connectivity index (χ1v) is 6.04. The second-order valence-corrected chi connectivity index (χ2v) is 4.32. The van der Waals surface area contributed by atoms with Gasteiger partial charge in [0.05, 0.1) is 5.69 Å². The Morgan fingerprint density at radius 2 is 2.12 bits per heavy atom. The molecule has 0 radical (unpaired) electrons. The number of nitrogens with zero attached hydrogens (tertiary/aromatic N) is 1. The minimum Gasteiger partial charge on any atom is -0.381 e. The van der Waals surface area contributed by atoms with Gasteiger partial charge >= 0.3 is 0 Å². The second kappa shape index (κ2) is 5.04. The Bertz CT molecular complexity index is 480. The average Bonchev–Trinajstić information content (AvgIpc) is 2.67. The molecule has 0 fully saturated rings. The first-order chi connectivity index (χ1) is 8.20. The Balaban J connectivity index is 2.07. The normalized spacial score (nSPS) is 10.5. The standard InChI is InChI=1S/C14H19N3/c1-4-12-6-5-7-13(8-12)15-9-14-10(2)16-17-11(14)3/h5-8,15H,4,9H2,1-3H3,(H,16,17). The molecule has 0 unspecified atom stereocenters. The molecular formula is C14H19N3. The Kier molecular flexibility index (Phi) is 3.47. The highest BCUT2D eigenvalue weighted by molar-refractivity contribution is 5.46.